The molecule has 3 aromatic rings. The average Bonchev–Trinajstić information content (AvgIpc) is 3.04. The van der Waals surface area contributed by atoms with Crippen LogP contribution in [0.2, 0.25) is 0 Å². The summed E-state index contributed by atoms with van der Waals surface area (Å²) in [4.78, 5) is 13.0. The number of aromatic nitrogens is 1. The summed E-state index contributed by atoms with van der Waals surface area (Å²) in [5, 5.41) is 11.9. The lowest BCUT2D eigenvalue weighted by Gasteiger charge is -2.08. The maximum absolute atomic E-state index is 12.9. The predicted molar refractivity (Wildman–Crippen MR) is 100 cm³/mol. The number of hydrogen-bond donors (Lipinski definition) is 0. The van der Waals surface area contributed by atoms with Crippen molar-refractivity contribution in [3.05, 3.63) is 76.6 Å². The fraction of sp³-hybridized carbons (Fsp3) is 0.111. The summed E-state index contributed by atoms with van der Waals surface area (Å²) in [7, 11) is -0.217. The van der Waals surface area contributed by atoms with E-state index < -0.39 is 14.9 Å². The quantitative estimate of drug-likeness (QED) is 0.507. The summed E-state index contributed by atoms with van der Waals surface area (Å²) in [6.07, 6.45) is 4.67. The Balaban J connectivity index is 2.24. The second-order valence-corrected chi connectivity index (χ2v) is 7.72. The number of fused-ring (bicyclic) bond motifs is 1. The summed E-state index contributed by atoms with van der Waals surface area (Å²) in [5.74, 6) is 0. The van der Waals surface area contributed by atoms with Gasteiger partial charge in [0.25, 0.3) is 15.7 Å². The molecule has 0 fully saturated rings. The van der Waals surface area contributed by atoms with Crippen LogP contribution in [-0.2, 0) is 10.0 Å². The second kappa shape index (κ2) is 6.64. The monoisotopic (exact) mass is 371 g/mol. The number of benzene rings is 2. The highest BCUT2D eigenvalue weighted by atomic mass is 32.2. The van der Waals surface area contributed by atoms with Gasteiger partial charge in [0, 0.05) is 20.3 Å². The molecule has 0 radical (unpaired) electrons. The van der Waals surface area contributed by atoms with Gasteiger partial charge in [-0.05, 0) is 42.6 Å². The molecule has 0 spiro atoms. The highest BCUT2D eigenvalue weighted by Gasteiger charge is 2.24. The first kappa shape index (κ1) is 17.7. The van der Waals surface area contributed by atoms with Gasteiger partial charge in [-0.1, -0.05) is 18.2 Å². The Kier molecular flexibility index (Phi) is 4.52. The van der Waals surface area contributed by atoms with Gasteiger partial charge in [-0.2, -0.15) is 0 Å². The molecule has 0 aliphatic carbocycles. The van der Waals surface area contributed by atoms with Crippen LogP contribution in [0.15, 0.2) is 65.8 Å². The van der Waals surface area contributed by atoms with Crippen molar-refractivity contribution < 1.29 is 13.3 Å². The van der Waals surface area contributed by atoms with E-state index in [1.807, 2.05) is 14.1 Å². The summed E-state index contributed by atoms with van der Waals surface area (Å²) in [5.41, 5.74) is 0.552. The molecule has 0 saturated carbocycles. The van der Waals surface area contributed by atoms with E-state index in [2.05, 4.69) is 0 Å². The highest BCUT2D eigenvalue weighted by Crippen LogP contribution is 2.33. The molecule has 0 bridgehead atoms. The minimum Gasteiger partial charge on any atom is -0.383 e. The Morgan fingerprint density at radius 3 is 2.38 bits per heavy atom. The van der Waals surface area contributed by atoms with Crippen LogP contribution in [0.4, 0.5) is 5.69 Å². The Morgan fingerprint density at radius 1 is 1.08 bits per heavy atom. The van der Waals surface area contributed by atoms with Crippen LogP contribution in [0.25, 0.3) is 17.0 Å². The van der Waals surface area contributed by atoms with Gasteiger partial charge < -0.3 is 4.90 Å². The molecule has 0 aliphatic rings. The van der Waals surface area contributed by atoms with E-state index in [1.54, 1.807) is 47.5 Å². The fourth-order valence-corrected chi connectivity index (χ4v) is 4.04. The molecule has 0 N–H and O–H groups in total. The Bertz CT molecular complexity index is 1100. The van der Waals surface area contributed by atoms with Crippen molar-refractivity contribution in [3.8, 4) is 0 Å². The Hall–Kier alpha value is -3.13. The van der Waals surface area contributed by atoms with E-state index in [0.717, 1.165) is 3.97 Å². The molecule has 7 nitrogen and oxygen atoms in total. The van der Waals surface area contributed by atoms with E-state index in [9.17, 15) is 18.5 Å². The minimum atomic E-state index is -3.84. The van der Waals surface area contributed by atoms with Crippen LogP contribution in [0.5, 0.6) is 0 Å². The number of nitrogens with zero attached hydrogens (tertiary/aromatic N) is 3. The first-order chi connectivity index (χ1) is 12.3. The van der Waals surface area contributed by atoms with Crippen molar-refractivity contribution in [2.45, 2.75) is 4.90 Å². The van der Waals surface area contributed by atoms with Crippen molar-refractivity contribution >= 4 is 32.7 Å². The van der Waals surface area contributed by atoms with Gasteiger partial charge in [0.05, 0.1) is 26.3 Å². The minimum absolute atomic E-state index is 0.122. The predicted octanol–water partition coefficient (Wildman–Crippen LogP) is 3.32. The number of rotatable bonds is 5. The lowest BCUT2D eigenvalue weighted by Crippen LogP contribution is -2.11. The van der Waals surface area contributed by atoms with Crippen LogP contribution < -0.4 is 0 Å². The molecule has 0 saturated heterocycles. The standard InChI is InChI=1S/C18H17N3O4S/c1-19(2)12-10-14-8-9-17-16(18(14)21(22)23)11-13-20(17)26(24,25)15-6-4-3-5-7-15/h3-13H,1-2H3. The lowest BCUT2D eigenvalue weighted by atomic mass is 10.1. The molecule has 2 aromatic carbocycles. The average molecular weight is 371 g/mol. The molecule has 0 atom stereocenters. The van der Waals surface area contributed by atoms with Crippen molar-refractivity contribution in [2.75, 3.05) is 14.1 Å². The van der Waals surface area contributed by atoms with Crippen LogP contribution in [0.1, 0.15) is 5.56 Å². The molecule has 1 heterocycles. The van der Waals surface area contributed by atoms with Crippen LogP contribution in [0.3, 0.4) is 0 Å². The number of hydrogen-bond acceptors (Lipinski definition) is 5. The van der Waals surface area contributed by atoms with E-state index in [1.165, 1.54) is 24.4 Å². The van der Waals surface area contributed by atoms with Gasteiger partial charge in [0.15, 0.2) is 0 Å². The molecular formula is C18H17N3O4S. The van der Waals surface area contributed by atoms with Crippen molar-refractivity contribution in [3.63, 3.8) is 0 Å². The maximum Gasteiger partial charge on any atom is 0.285 e. The third-order valence-electron chi connectivity index (χ3n) is 3.87. The normalized spacial score (nSPS) is 11.9. The molecule has 0 amide bonds. The summed E-state index contributed by atoms with van der Waals surface area (Å²) in [6.45, 7) is 0. The SMILES string of the molecule is CN(C)C=Cc1ccc2c(ccn2S(=O)(=O)c2ccccc2)c1[N+](=O)[O-]. The van der Waals surface area contributed by atoms with Gasteiger partial charge in [-0.3, -0.25) is 10.1 Å². The van der Waals surface area contributed by atoms with Crippen molar-refractivity contribution in [1.82, 2.24) is 8.87 Å². The molecule has 1 aromatic heterocycles. The van der Waals surface area contributed by atoms with Gasteiger partial charge in [0.2, 0.25) is 0 Å². The van der Waals surface area contributed by atoms with Crippen LogP contribution >= 0.6 is 0 Å². The molecule has 26 heavy (non-hydrogen) atoms. The van der Waals surface area contributed by atoms with E-state index >= 15 is 0 Å². The fourth-order valence-electron chi connectivity index (χ4n) is 2.68. The maximum atomic E-state index is 12.9. The third kappa shape index (κ3) is 3.06. The summed E-state index contributed by atoms with van der Waals surface area (Å²) in [6, 6.07) is 12.6. The van der Waals surface area contributed by atoms with Crippen molar-refractivity contribution in [2.24, 2.45) is 0 Å². The first-order valence-electron chi connectivity index (χ1n) is 7.76. The van der Waals surface area contributed by atoms with E-state index in [0.29, 0.717) is 5.56 Å². The molecule has 8 heteroatoms. The molecule has 134 valence electrons. The van der Waals surface area contributed by atoms with Gasteiger partial charge >= 0.3 is 0 Å². The zero-order valence-corrected chi connectivity index (χ0v) is 15.1. The zero-order chi connectivity index (χ0) is 18.9. The molecule has 0 aliphatic heterocycles. The largest absolute Gasteiger partial charge is 0.383 e. The molecule has 3 rings (SSSR count). The highest BCUT2D eigenvalue weighted by molar-refractivity contribution is 7.90. The van der Waals surface area contributed by atoms with Gasteiger partial charge in [-0.15, -0.1) is 0 Å². The topological polar surface area (TPSA) is 85.5 Å². The second-order valence-electron chi connectivity index (χ2n) is 5.90. The van der Waals surface area contributed by atoms with Gasteiger partial charge in [0.1, 0.15) is 0 Å². The molecular weight excluding hydrogens is 354 g/mol. The van der Waals surface area contributed by atoms with E-state index in [4.69, 9.17) is 0 Å². The summed E-state index contributed by atoms with van der Waals surface area (Å²) >= 11 is 0. The van der Waals surface area contributed by atoms with Crippen LogP contribution in [-0.4, -0.2) is 36.3 Å². The number of nitro groups is 1. The Morgan fingerprint density at radius 2 is 1.77 bits per heavy atom. The lowest BCUT2D eigenvalue weighted by molar-refractivity contribution is -0.383. The number of nitro benzene ring substituents is 1. The zero-order valence-electron chi connectivity index (χ0n) is 14.2. The van der Waals surface area contributed by atoms with Gasteiger partial charge in [-0.25, -0.2) is 12.4 Å². The third-order valence-corrected chi connectivity index (χ3v) is 5.58. The Labute approximate surface area is 151 Å². The first-order valence-corrected chi connectivity index (χ1v) is 9.20. The van der Waals surface area contributed by atoms with Crippen molar-refractivity contribution in [1.29, 1.82) is 0 Å². The van der Waals surface area contributed by atoms with E-state index in [-0.39, 0.29) is 21.5 Å². The van der Waals surface area contributed by atoms with Crippen LogP contribution in [0, 0.1) is 10.1 Å². The molecule has 0 unspecified atom stereocenters. The summed E-state index contributed by atoms with van der Waals surface area (Å²) < 4.78 is 26.8. The smallest absolute Gasteiger partial charge is 0.285 e.